The Balaban J connectivity index is 2.65. The van der Waals surface area contributed by atoms with Crippen LogP contribution in [0.5, 0.6) is 0 Å². The van der Waals surface area contributed by atoms with Gasteiger partial charge in [0.15, 0.2) is 0 Å². The number of likely N-dealkylation sites (tertiary alicyclic amines) is 1. The highest BCUT2D eigenvalue weighted by molar-refractivity contribution is 5.76. The molecule has 0 aromatic heterocycles. The van der Waals surface area contributed by atoms with Gasteiger partial charge in [-0.25, -0.2) is 0 Å². The molecule has 1 aliphatic heterocycles. The molecule has 14 heavy (non-hydrogen) atoms. The summed E-state index contributed by atoms with van der Waals surface area (Å²) in [7, 11) is 1.47. The monoisotopic (exact) mass is 199 g/mol. The summed E-state index contributed by atoms with van der Waals surface area (Å²) in [6.45, 7) is 7.60. The van der Waals surface area contributed by atoms with Crippen LogP contribution in [-0.4, -0.2) is 36.1 Å². The zero-order chi connectivity index (χ0) is 10.8. The minimum atomic E-state index is -0.0793. The predicted octanol–water partition coefficient (Wildman–Crippen LogP) is 1.81. The fourth-order valence-electron chi connectivity index (χ4n) is 2.07. The second-order valence-electron chi connectivity index (χ2n) is 4.23. The third kappa shape index (κ3) is 1.78. The second kappa shape index (κ2) is 4.30. The number of carbonyl (C=O) groups is 1. The number of hydrogen-bond donors (Lipinski definition) is 0. The van der Waals surface area contributed by atoms with E-state index in [2.05, 4.69) is 25.7 Å². The van der Waals surface area contributed by atoms with Gasteiger partial charge in [0, 0.05) is 12.1 Å². The molecular weight excluding hydrogens is 178 g/mol. The number of carbonyl (C=O) groups excluding carboxylic acids is 1. The highest BCUT2D eigenvalue weighted by Gasteiger charge is 2.43. The topological polar surface area (TPSA) is 29.5 Å². The lowest BCUT2D eigenvalue weighted by Gasteiger charge is -2.50. The maximum absolute atomic E-state index is 11.4. The number of ether oxygens (including phenoxy) is 1. The maximum atomic E-state index is 11.4. The summed E-state index contributed by atoms with van der Waals surface area (Å²) in [6.07, 6.45) is 3.11. The van der Waals surface area contributed by atoms with Gasteiger partial charge >= 0.3 is 5.97 Å². The molecular formula is C11H21NO2. The number of nitrogens with zero attached hydrogens (tertiary/aromatic N) is 1. The predicted molar refractivity (Wildman–Crippen MR) is 56.1 cm³/mol. The molecule has 1 rings (SSSR count). The van der Waals surface area contributed by atoms with Crippen LogP contribution in [0.3, 0.4) is 0 Å². The molecule has 0 N–H and O–H groups in total. The van der Waals surface area contributed by atoms with Crippen molar-refractivity contribution in [2.75, 3.05) is 13.7 Å². The fourth-order valence-corrected chi connectivity index (χ4v) is 2.07. The van der Waals surface area contributed by atoms with Crippen molar-refractivity contribution < 1.29 is 9.53 Å². The summed E-state index contributed by atoms with van der Waals surface area (Å²) in [4.78, 5) is 13.7. The fraction of sp³-hybridized carbons (Fsp3) is 0.909. The van der Waals surface area contributed by atoms with Crippen LogP contribution in [0, 0.1) is 0 Å². The lowest BCUT2D eigenvalue weighted by molar-refractivity contribution is -0.157. The van der Waals surface area contributed by atoms with Gasteiger partial charge in [0.25, 0.3) is 0 Å². The van der Waals surface area contributed by atoms with Crippen LogP contribution in [0.15, 0.2) is 0 Å². The van der Waals surface area contributed by atoms with E-state index < -0.39 is 0 Å². The largest absolute Gasteiger partial charge is 0.468 e. The Morgan fingerprint density at radius 3 is 2.36 bits per heavy atom. The van der Waals surface area contributed by atoms with Crippen molar-refractivity contribution in [2.24, 2.45) is 0 Å². The zero-order valence-corrected chi connectivity index (χ0v) is 9.67. The molecule has 0 spiro atoms. The summed E-state index contributed by atoms with van der Waals surface area (Å²) in [5.74, 6) is -0.0793. The van der Waals surface area contributed by atoms with Crippen LogP contribution in [-0.2, 0) is 9.53 Å². The Bertz CT molecular complexity index is 211. The summed E-state index contributed by atoms with van der Waals surface area (Å²) in [5, 5.41) is 0. The lowest BCUT2D eigenvalue weighted by Crippen LogP contribution is -2.62. The molecule has 0 aromatic carbocycles. The van der Waals surface area contributed by atoms with Gasteiger partial charge in [-0.3, -0.25) is 9.69 Å². The molecule has 0 radical (unpaired) electrons. The van der Waals surface area contributed by atoms with E-state index in [0.717, 1.165) is 25.8 Å². The van der Waals surface area contributed by atoms with Gasteiger partial charge in [0.05, 0.1) is 7.11 Å². The van der Waals surface area contributed by atoms with E-state index in [1.165, 1.54) is 7.11 Å². The van der Waals surface area contributed by atoms with Crippen molar-refractivity contribution in [3.63, 3.8) is 0 Å². The van der Waals surface area contributed by atoms with Gasteiger partial charge in [0.1, 0.15) is 6.04 Å². The van der Waals surface area contributed by atoms with Crippen molar-refractivity contribution in [2.45, 2.75) is 51.6 Å². The summed E-state index contributed by atoms with van der Waals surface area (Å²) in [6, 6.07) is 0.00454. The Morgan fingerprint density at radius 2 is 2.07 bits per heavy atom. The smallest absolute Gasteiger partial charge is 0.323 e. The van der Waals surface area contributed by atoms with E-state index in [1.54, 1.807) is 0 Å². The number of esters is 1. The van der Waals surface area contributed by atoms with Crippen molar-refractivity contribution in [3.8, 4) is 0 Å². The highest BCUT2D eigenvalue weighted by Crippen LogP contribution is 2.33. The zero-order valence-electron chi connectivity index (χ0n) is 9.67. The Kier molecular flexibility index (Phi) is 3.53. The molecule has 3 nitrogen and oxygen atoms in total. The Hall–Kier alpha value is -0.570. The van der Waals surface area contributed by atoms with Gasteiger partial charge in [-0.15, -0.1) is 0 Å². The molecule has 0 aliphatic carbocycles. The first-order valence-corrected chi connectivity index (χ1v) is 5.43. The van der Waals surface area contributed by atoms with Crippen molar-refractivity contribution in [1.82, 2.24) is 4.90 Å². The maximum Gasteiger partial charge on any atom is 0.323 e. The van der Waals surface area contributed by atoms with Gasteiger partial charge in [-0.1, -0.05) is 13.8 Å². The number of methoxy groups -OCH3 is 1. The summed E-state index contributed by atoms with van der Waals surface area (Å²) >= 11 is 0. The van der Waals surface area contributed by atoms with E-state index in [1.807, 2.05) is 0 Å². The minimum absolute atomic E-state index is 0.00454. The van der Waals surface area contributed by atoms with Gasteiger partial charge in [-0.2, -0.15) is 0 Å². The quantitative estimate of drug-likeness (QED) is 0.647. The molecule has 3 heteroatoms. The standard InChI is InChI=1S/C11H21NO2/c1-5-11(3,6-2)12-8-7-9(12)10(13)14-4/h9H,5-8H2,1-4H3. The first-order valence-electron chi connectivity index (χ1n) is 5.43. The minimum Gasteiger partial charge on any atom is -0.468 e. The van der Waals surface area contributed by atoms with E-state index >= 15 is 0 Å². The summed E-state index contributed by atoms with van der Waals surface area (Å²) < 4.78 is 4.79. The Labute approximate surface area is 86.4 Å². The molecule has 0 amide bonds. The van der Waals surface area contributed by atoms with Crippen molar-refractivity contribution in [1.29, 1.82) is 0 Å². The molecule has 1 unspecified atom stereocenters. The van der Waals surface area contributed by atoms with Crippen LogP contribution in [0.4, 0.5) is 0 Å². The van der Waals surface area contributed by atoms with E-state index in [0.29, 0.717) is 0 Å². The average molecular weight is 199 g/mol. The first kappa shape index (κ1) is 11.5. The van der Waals surface area contributed by atoms with E-state index in [4.69, 9.17) is 4.74 Å². The van der Waals surface area contributed by atoms with Crippen LogP contribution in [0.2, 0.25) is 0 Å². The highest BCUT2D eigenvalue weighted by atomic mass is 16.5. The SMILES string of the molecule is CCC(C)(CC)N1CCC1C(=O)OC. The summed E-state index contributed by atoms with van der Waals surface area (Å²) in [5.41, 5.74) is 0.164. The molecule has 1 heterocycles. The molecule has 1 aliphatic rings. The second-order valence-corrected chi connectivity index (χ2v) is 4.23. The Morgan fingerprint density at radius 1 is 1.50 bits per heavy atom. The average Bonchev–Trinajstić information content (AvgIpc) is 2.15. The van der Waals surface area contributed by atoms with Crippen LogP contribution in [0.1, 0.15) is 40.0 Å². The normalized spacial score (nSPS) is 23.0. The van der Waals surface area contributed by atoms with Crippen LogP contribution in [0.25, 0.3) is 0 Å². The van der Waals surface area contributed by atoms with Gasteiger partial charge in [-0.05, 0) is 26.2 Å². The van der Waals surface area contributed by atoms with Crippen molar-refractivity contribution in [3.05, 3.63) is 0 Å². The molecule has 1 saturated heterocycles. The molecule has 1 atom stereocenters. The third-order valence-corrected chi connectivity index (χ3v) is 3.71. The van der Waals surface area contributed by atoms with Gasteiger partial charge in [0.2, 0.25) is 0 Å². The van der Waals surface area contributed by atoms with Crippen LogP contribution >= 0.6 is 0 Å². The van der Waals surface area contributed by atoms with E-state index in [9.17, 15) is 4.79 Å². The van der Waals surface area contributed by atoms with Crippen LogP contribution < -0.4 is 0 Å². The molecule has 0 bridgehead atoms. The molecule has 0 aromatic rings. The van der Waals surface area contributed by atoms with E-state index in [-0.39, 0.29) is 17.6 Å². The first-order chi connectivity index (χ1) is 6.59. The van der Waals surface area contributed by atoms with Gasteiger partial charge < -0.3 is 4.74 Å². The third-order valence-electron chi connectivity index (χ3n) is 3.71. The number of hydrogen-bond acceptors (Lipinski definition) is 3. The van der Waals surface area contributed by atoms with Crippen molar-refractivity contribution >= 4 is 5.97 Å². The molecule has 82 valence electrons. The number of rotatable bonds is 4. The lowest BCUT2D eigenvalue weighted by atomic mass is 9.86. The molecule has 1 fully saturated rings. The molecule has 0 saturated carbocycles.